The fraction of sp³-hybridized carbons (Fsp3) is 0.174. The van der Waals surface area contributed by atoms with Crippen LogP contribution in [-0.2, 0) is 0 Å². The highest BCUT2D eigenvalue weighted by Gasteiger charge is 2.08. The zero-order valence-electron chi connectivity index (χ0n) is 15.7. The molecule has 0 amide bonds. The topological polar surface area (TPSA) is 56.8 Å². The first kappa shape index (κ1) is 18.7. The molecule has 0 unspecified atom stereocenters. The Morgan fingerprint density at radius 3 is 1.74 bits per heavy atom. The van der Waals surface area contributed by atoms with E-state index in [9.17, 15) is 0 Å². The second-order valence-corrected chi connectivity index (χ2v) is 6.19. The fourth-order valence-corrected chi connectivity index (χ4v) is 2.70. The molecular weight excluding hydrogens is 336 g/mol. The van der Waals surface area contributed by atoms with Crippen molar-refractivity contribution in [1.29, 1.82) is 0 Å². The van der Waals surface area contributed by atoms with Gasteiger partial charge in [0.05, 0.1) is 19.4 Å². The highest BCUT2D eigenvalue weighted by Crippen LogP contribution is 2.23. The number of hydrogen-bond acceptors (Lipinski definition) is 4. The van der Waals surface area contributed by atoms with Crippen molar-refractivity contribution in [2.24, 2.45) is 10.7 Å². The van der Waals surface area contributed by atoms with Gasteiger partial charge in [0.2, 0.25) is 0 Å². The summed E-state index contributed by atoms with van der Waals surface area (Å²) < 4.78 is 11.1. The molecule has 3 aromatic carbocycles. The summed E-state index contributed by atoms with van der Waals surface area (Å²) in [6.45, 7) is 3.14. The van der Waals surface area contributed by atoms with Crippen LogP contribution in [0.2, 0.25) is 0 Å². The van der Waals surface area contributed by atoms with E-state index in [1.54, 1.807) is 7.11 Å². The van der Waals surface area contributed by atoms with Crippen LogP contribution in [0.1, 0.15) is 16.7 Å². The van der Waals surface area contributed by atoms with E-state index < -0.39 is 0 Å². The average molecular weight is 360 g/mol. The van der Waals surface area contributed by atoms with E-state index >= 15 is 0 Å². The van der Waals surface area contributed by atoms with Gasteiger partial charge in [0.25, 0.3) is 0 Å². The van der Waals surface area contributed by atoms with Crippen LogP contribution in [0.3, 0.4) is 0 Å². The number of aryl methyl sites for hydroxylation is 1. The van der Waals surface area contributed by atoms with E-state index in [-0.39, 0.29) is 0 Å². The zero-order valence-corrected chi connectivity index (χ0v) is 15.7. The van der Waals surface area contributed by atoms with Gasteiger partial charge in [-0.15, -0.1) is 0 Å². The molecule has 0 aromatic heterocycles. The van der Waals surface area contributed by atoms with E-state index in [4.69, 9.17) is 15.2 Å². The summed E-state index contributed by atoms with van der Waals surface area (Å²) in [6, 6.07) is 23.8. The largest absolute Gasteiger partial charge is 0.497 e. The zero-order chi connectivity index (χ0) is 19.1. The van der Waals surface area contributed by atoms with Gasteiger partial charge in [-0.25, -0.2) is 0 Å². The Morgan fingerprint density at radius 2 is 1.26 bits per heavy atom. The molecule has 0 saturated heterocycles. The summed E-state index contributed by atoms with van der Waals surface area (Å²) in [6.07, 6.45) is 0. The lowest BCUT2D eigenvalue weighted by Crippen LogP contribution is -2.09. The minimum absolute atomic E-state index is 0.508. The van der Waals surface area contributed by atoms with Gasteiger partial charge in [-0.3, -0.25) is 4.99 Å². The van der Waals surface area contributed by atoms with Crippen LogP contribution in [0.25, 0.3) is 0 Å². The molecule has 4 heteroatoms. The Kier molecular flexibility index (Phi) is 6.23. The van der Waals surface area contributed by atoms with Gasteiger partial charge in [0.15, 0.2) is 0 Å². The Balaban J connectivity index is 1.83. The number of nitrogens with zero attached hydrogens (tertiary/aromatic N) is 1. The molecule has 138 valence electrons. The first-order valence-corrected chi connectivity index (χ1v) is 8.93. The van der Waals surface area contributed by atoms with Gasteiger partial charge in [0, 0.05) is 17.7 Å². The third-order valence-electron chi connectivity index (χ3n) is 4.15. The number of benzene rings is 3. The van der Waals surface area contributed by atoms with Crippen molar-refractivity contribution in [3.05, 3.63) is 89.5 Å². The van der Waals surface area contributed by atoms with Crippen LogP contribution in [0.4, 0.5) is 0 Å². The summed E-state index contributed by atoms with van der Waals surface area (Å²) in [5.41, 5.74) is 9.81. The molecule has 0 spiro atoms. The maximum atomic E-state index is 5.91. The summed E-state index contributed by atoms with van der Waals surface area (Å²) >= 11 is 0. The molecule has 0 fully saturated rings. The summed E-state index contributed by atoms with van der Waals surface area (Å²) in [4.78, 5) is 4.67. The standard InChI is InChI=1S/C23H24N2O2/c1-17-3-9-21(10-4-17)27-22-13-7-19(8-14-22)23(25-16-15-24)18-5-11-20(26-2)12-6-18/h3-14H,15-16,24H2,1-2H3. The molecule has 0 radical (unpaired) electrons. The highest BCUT2D eigenvalue weighted by molar-refractivity contribution is 6.13. The summed E-state index contributed by atoms with van der Waals surface area (Å²) in [5, 5.41) is 0. The Labute approximate surface area is 160 Å². The van der Waals surface area contributed by atoms with E-state index in [1.165, 1.54) is 5.56 Å². The second-order valence-electron chi connectivity index (χ2n) is 6.19. The average Bonchev–Trinajstić information content (AvgIpc) is 2.71. The molecule has 3 rings (SSSR count). The van der Waals surface area contributed by atoms with Crippen LogP contribution in [0, 0.1) is 6.92 Å². The van der Waals surface area contributed by atoms with Crippen LogP contribution in [0.5, 0.6) is 17.2 Å². The minimum Gasteiger partial charge on any atom is -0.497 e. The summed E-state index contributed by atoms with van der Waals surface area (Å²) in [7, 11) is 1.66. The van der Waals surface area contributed by atoms with Crippen LogP contribution >= 0.6 is 0 Å². The summed E-state index contributed by atoms with van der Waals surface area (Å²) in [5.74, 6) is 2.43. The lowest BCUT2D eigenvalue weighted by molar-refractivity contribution is 0.415. The lowest BCUT2D eigenvalue weighted by Gasteiger charge is -2.10. The minimum atomic E-state index is 0.508. The molecule has 3 aromatic rings. The smallest absolute Gasteiger partial charge is 0.127 e. The first-order chi connectivity index (χ1) is 13.2. The van der Waals surface area contributed by atoms with Gasteiger partial charge < -0.3 is 15.2 Å². The first-order valence-electron chi connectivity index (χ1n) is 8.93. The van der Waals surface area contributed by atoms with E-state index in [1.807, 2.05) is 72.8 Å². The maximum Gasteiger partial charge on any atom is 0.127 e. The van der Waals surface area contributed by atoms with Gasteiger partial charge in [-0.1, -0.05) is 17.7 Å². The normalized spacial score (nSPS) is 11.3. The molecular formula is C23H24N2O2. The van der Waals surface area contributed by atoms with Crippen LogP contribution < -0.4 is 15.2 Å². The predicted octanol–water partition coefficient (Wildman–Crippen LogP) is 4.59. The number of rotatable bonds is 7. The molecule has 0 aliphatic carbocycles. The van der Waals surface area contributed by atoms with Crippen LogP contribution in [-0.4, -0.2) is 25.9 Å². The molecule has 27 heavy (non-hydrogen) atoms. The maximum absolute atomic E-state index is 5.91. The Bertz CT molecular complexity index is 883. The van der Waals surface area contributed by atoms with E-state index in [0.29, 0.717) is 13.1 Å². The molecule has 2 N–H and O–H groups in total. The van der Waals surface area contributed by atoms with Crippen molar-refractivity contribution in [2.45, 2.75) is 6.92 Å². The molecule has 0 heterocycles. The number of ether oxygens (including phenoxy) is 2. The number of methoxy groups -OCH3 is 1. The van der Waals surface area contributed by atoms with Crippen molar-refractivity contribution in [3.8, 4) is 17.2 Å². The predicted molar refractivity (Wildman–Crippen MR) is 110 cm³/mol. The van der Waals surface area contributed by atoms with Gasteiger partial charge in [0.1, 0.15) is 17.2 Å². The fourth-order valence-electron chi connectivity index (χ4n) is 2.70. The number of aliphatic imine (C=N–C) groups is 1. The quantitative estimate of drug-likeness (QED) is 0.627. The van der Waals surface area contributed by atoms with Crippen molar-refractivity contribution < 1.29 is 9.47 Å². The van der Waals surface area contributed by atoms with Gasteiger partial charge in [-0.05, 0) is 67.6 Å². The monoisotopic (exact) mass is 360 g/mol. The SMILES string of the molecule is COc1ccc(C(=NCCN)c2ccc(Oc3ccc(C)cc3)cc2)cc1. The van der Waals surface area contributed by atoms with E-state index in [2.05, 4.69) is 11.9 Å². The molecule has 4 nitrogen and oxygen atoms in total. The van der Waals surface area contributed by atoms with Gasteiger partial charge in [-0.2, -0.15) is 0 Å². The highest BCUT2D eigenvalue weighted by atomic mass is 16.5. The van der Waals surface area contributed by atoms with Crippen molar-refractivity contribution in [2.75, 3.05) is 20.2 Å². The third-order valence-corrected chi connectivity index (χ3v) is 4.15. The molecule has 0 aliphatic rings. The Hall–Kier alpha value is -3.11. The van der Waals surface area contributed by atoms with Gasteiger partial charge >= 0.3 is 0 Å². The molecule has 0 aliphatic heterocycles. The third kappa shape index (κ3) is 4.96. The molecule has 0 saturated carbocycles. The van der Waals surface area contributed by atoms with Crippen molar-refractivity contribution in [3.63, 3.8) is 0 Å². The van der Waals surface area contributed by atoms with Crippen LogP contribution in [0.15, 0.2) is 77.8 Å². The molecule has 0 bridgehead atoms. The Morgan fingerprint density at radius 1 is 0.778 bits per heavy atom. The van der Waals surface area contributed by atoms with E-state index in [0.717, 1.165) is 34.1 Å². The number of hydrogen-bond donors (Lipinski definition) is 1. The van der Waals surface area contributed by atoms with Crippen molar-refractivity contribution >= 4 is 5.71 Å². The second kappa shape index (κ2) is 9.01. The molecule has 0 atom stereocenters. The lowest BCUT2D eigenvalue weighted by atomic mass is 10.0. The number of nitrogens with two attached hydrogens (primary N) is 1. The van der Waals surface area contributed by atoms with Crippen molar-refractivity contribution in [1.82, 2.24) is 0 Å².